The molecule has 0 radical (unpaired) electrons. The molecule has 1 N–H and O–H groups in total. The molecule has 1 aromatic heterocycles. The van der Waals surface area contributed by atoms with Gasteiger partial charge in [0, 0.05) is 18.5 Å². The molecule has 106 valence electrons. The standard InChI is InChI=1S/C14H13Cl2NO2S/c1-19-11(12-6-7-13(16)20-12)8-17-14(18)9-4-2-3-5-10(9)15/h2-7,11H,8H2,1H3,(H,17,18). The van der Waals surface area contributed by atoms with Gasteiger partial charge in [-0.25, -0.2) is 0 Å². The van der Waals surface area contributed by atoms with E-state index in [0.717, 1.165) is 4.88 Å². The Morgan fingerprint density at radius 1 is 1.30 bits per heavy atom. The van der Waals surface area contributed by atoms with Crippen molar-refractivity contribution in [2.45, 2.75) is 6.10 Å². The summed E-state index contributed by atoms with van der Waals surface area (Å²) in [5.74, 6) is -0.222. The quantitative estimate of drug-likeness (QED) is 0.893. The van der Waals surface area contributed by atoms with Gasteiger partial charge < -0.3 is 10.1 Å². The second-order valence-corrected chi connectivity index (χ2v) is 6.21. The van der Waals surface area contributed by atoms with E-state index in [1.807, 2.05) is 12.1 Å². The van der Waals surface area contributed by atoms with Gasteiger partial charge in [-0.15, -0.1) is 11.3 Å². The first kappa shape index (κ1) is 15.3. The van der Waals surface area contributed by atoms with Gasteiger partial charge in [0.1, 0.15) is 6.10 Å². The summed E-state index contributed by atoms with van der Waals surface area (Å²) in [5, 5.41) is 3.24. The number of methoxy groups -OCH3 is 1. The Bertz CT molecular complexity index is 600. The zero-order valence-corrected chi connectivity index (χ0v) is 13.1. The Labute approximate surface area is 131 Å². The van der Waals surface area contributed by atoms with E-state index in [1.54, 1.807) is 31.4 Å². The molecule has 0 aliphatic carbocycles. The zero-order valence-electron chi connectivity index (χ0n) is 10.7. The van der Waals surface area contributed by atoms with E-state index < -0.39 is 0 Å². The van der Waals surface area contributed by atoms with Crippen molar-refractivity contribution >= 4 is 40.4 Å². The molecule has 6 heteroatoms. The normalized spacial score (nSPS) is 12.2. The largest absolute Gasteiger partial charge is 0.374 e. The van der Waals surface area contributed by atoms with Crippen molar-refractivity contribution in [1.82, 2.24) is 5.32 Å². The molecule has 2 aromatic rings. The van der Waals surface area contributed by atoms with Crippen LogP contribution >= 0.6 is 34.5 Å². The molecule has 1 amide bonds. The molecule has 1 unspecified atom stereocenters. The summed E-state index contributed by atoms with van der Waals surface area (Å²) < 4.78 is 6.06. The van der Waals surface area contributed by atoms with Crippen molar-refractivity contribution in [1.29, 1.82) is 0 Å². The first-order chi connectivity index (χ1) is 9.61. The van der Waals surface area contributed by atoms with Crippen molar-refractivity contribution in [3.8, 4) is 0 Å². The molecular weight excluding hydrogens is 317 g/mol. The number of halogens is 2. The highest BCUT2D eigenvalue weighted by atomic mass is 35.5. The number of amides is 1. The van der Waals surface area contributed by atoms with Crippen molar-refractivity contribution in [3.63, 3.8) is 0 Å². The van der Waals surface area contributed by atoms with Crippen molar-refractivity contribution < 1.29 is 9.53 Å². The van der Waals surface area contributed by atoms with Crippen LogP contribution in [0.2, 0.25) is 9.36 Å². The summed E-state index contributed by atoms with van der Waals surface area (Å²) in [5.41, 5.74) is 0.452. The lowest BCUT2D eigenvalue weighted by Crippen LogP contribution is -2.29. The van der Waals surface area contributed by atoms with Crippen LogP contribution in [0.15, 0.2) is 36.4 Å². The molecule has 0 aliphatic heterocycles. The molecule has 0 saturated carbocycles. The third-order valence-corrected chi connectivity index (χ3v) is 4.42. The summed E-state index contributed by atoms with van der Waals surface area (Å²) in [4.78, 5) is 13.0. The third-order valence-electron chi connectivity index (χ3n) is 2.76. The summed E-state index contributed by atoms with van der Waals surface area (Å²) in [6.45, 7) is 0.359. The number of hydrogen-bond donors (Lipinski definition) is 1. The Hall–Kier alpha value is -1.07. The number of hydrogen-bond acceptors (Lipinski definition) is 3. The zero-order chi connectivity index (χ0) is 14.5. The molecule has 1 aromatic carbocycles. The molecule has 0 saturated heterocycles. The van der Waals surface area contributed by atoms with Crippen LogP contribution in [0.3, 0.4) is 0 Å². The van der Waals surface area contributed by atoms with E-state index in [4.69, 9.17) is 27.9 Å². The smallest absolute Gasteiger partial charge is 0.252 e. The van der Waals surface area contributed by atoms with Gasteiger partial charge in [-0.3, -0.25) is 4.79 Å². The van der Waals surface area contributed by atoms with Crippen LogP contribution in [0.1, 0.15) is 21.3 Å². The molecule has 0 bridgehead atoms. The molecule has 0 fully saturated rings. The highest BCUT2D eigenvalue weighted by Crippen LogP contribution is 2.28. The summed E-state index contributed by atoms with van der Waals surface area (Å²) in [6, 6.07) is 10.6. The van der Waals surface area contributed by atoms with Gasteiger partial charge in [0.05, 0.1) is 14.9 Å². The first-order valence-corrected chi connectivity index (χ1v) is 7.50. The van der Waals surface area contributed by atoms with Crippen LogP contribution in [0.25, 0.3) is 0 Å². The maximum Gasteiger partial charge on any atom is 0.252 e. The average molecular weight is 330 g/mol. The number of rotatable bonds is 5. The number of benzene rings is 1. The van der Waals surface area contributed by atoms with Crippen molar-refractivity contribution in [3.05, 3.63) is 56.2 Å². The molecule has 0 spiro atoms. The van der Waals surface area contributed by atoms with E-state index >= 15 is 0 Å². The van der Waals surface area contributed by atoms with Crippen molar-refractivity contribution in [2.24, 2.45) is 0 Å². The van der Waals surface area contributed by atoms with E-state index in [-0.39, 0.29) is 12.0 Å². The fourth-order valence-electron chi connectivity index (χ4n) is 1.73. The van der Waals surface area contributed by atoms with Gasteiger partial charge in [-0.1, -0.05) is 35.3 Å². The SMILES string of the molecule is COC(CNC(=O)c1ccccc1Cl)c1ccc(Cl)s1. The maximum absolute atomic E-state index is 12.0. The topological polar surface area (TPSA) is 38.3 Å². The maximum atomic E-state index is 12.0. The fourth-order valence-corrected chi connectivity index (χ4v) is 3.09. The van der Waals surface area contributed by atoms with E-state index in [1.165, 1.54) is 11.3 Å². The lowest BCUT2D eigenvalue weighted by Gasteiger charge is -2.15. The van der Waals surface area contributed by atoms with Gasteiger partial charge in [0.2, 0.25) is 0 Å². The summed E-state index contributed by atoms with van der Waals surface area (Å²) in [6.07, 6.45) is -0.223. The van der Waals surface area contributed by atoms with Gasteiger partial charge >= 0.3 is 0 Å². The van der Waals surface area contributed by atoms with Gasteiger partial charge in [0.25, 0.3) is 5.91 Å². The highest BCUT2D eigenvalue weighted by molar-refractivity contribution is 7.16. The van der Waals surface area contributed by atoms with Gasteiger partial charge in [-0.05, 0) is 24.3 Å². The lowest BCUT2D eigenvalue weighted by molar-refractivity contribution is 0.0838. The molecular formula is C14H13Cl2NO2S. The molecule has 20 heavy (non-hydrogen) atoms. The Morgan fingerprint density at radius 3 is 2.65 bits per heavy atom. The van der Waals surface area contributed by atoms with E-state index in [0.29, 0.717) is 21.5 Å². The molecule has 3 nitrogen and oxygen atoms in total. The number of thiophene rings is 1. The number of carbonyl (C=O) groups is 1. The van der Waals surface area contributed by atoms with Crippen LogP contribution in [0.4, 0.5) is 0 Å². The number of nitrogens with one attached hydrogen (secondary N) is 1. The van der Waals surface area contributed by atoms with E-state index in [9.17, 15) is 4.79 Å². The minimum absolute atomic E-state index is 0.222. The Balaban J connectivity index is 2.00. The predicted octanol–water partition coefficient (Wildman–Crippen LogP) is 4.17. The van der Waals surface area contributed by atoms with Gasteiger partial charge in [0.15, 0.2) is 0 Å². The monoisotopic (exact) mass is 329 g/mol. The Kier molecular flexibility index (Phi) is 5.43. The molecule has 0 aliphatic rings. The van der Waals surface area contributed by atoms with Crippen LogP contribution in [-0.2, 0) is 4.74 Å². The molecule has 1 heterocycles. The van der Waals surface area contributed by atoms with Crippen LogP contribution in [0, 0.1) is 0 Å². The predicted molar refractivity (Wildman–Crippen MR) is 82.9 cm³/mol. The third kappa shape index (κ3) is 3.73. The van der Waals surface area contributed by atoms with Crippen LogP contribution in [-0.4, -0.2) is 19.6 Å². The number of ether oxygens (including phenoxy) is 1. The van der Waals surface area contributed by atoms with Gasteiger partial charge in [-0.2, -0.15) is 0 Å². The Morgan fingerprint density at radius 2 is 2.05 bits per heavy atom. The summed E-state index contributed by atoms with van der Waals surface area (Å²) in [7, 11) is 1.60. The van der Waals surface area contributed by atoms with E-state index in [2.05, 4.69) is 5.32 Å². The average Bonchev–Trinajstić information content (AvgIpc) is 2.86. The molecule has 1 atom stereocenters. The second-order valence-electron chi connectivity index (χ2n) is 4.06. The van der Waals surface area contributed by atoms with Crippen molar-refractivity contribution in [2.75, 3.05) is 13.7 Å². The molecule has 2 rings (SSSR count). The first-order valence-electron chi connectivity index (χ1n) is 5.92. The second kappa shape index (κ2) is 7.09. The fraction of sp³-hybridized carbons (Fsp3) is 0.214. The van der Waals surface area contributed by atoms with Crippen LogP contribution in [0.5, 0.6) is 0 Å². The number of carbonyl (C=O) groups excluding carboxylic acids is 1. The minimum Gasteiger partial charge on any atom is -0.374 e. The highest BCUT2D eigenvalue weighted by Gasteiger charge is 2.16. The lowest BCUT2D eigenvalue weighted by atomic mass is 10.2. The van der Waals surface area contributed by atoms with Crippen LogP contribution < -0.4 is 5.32 Å². The summed E-state index contributed by atoms with van der Waals surface area (Å²) >= 11 is 13.3. The minimum atomic E-state index is -0.223.